The summed E-state index contributed by atoms with van der Waals surface area (Å²) >= 11 is 0. The Hall–Kier alpha value is -1.56. The van der Waals surface area contributed by atoms with Crippen molar-refractivity contribution in [2.24, 2.45) is 11.7 Å². The third kappa shape index (κ3) is 3.47. The van der Waals surface area contributed by atoms with Gasteiger partial charge in [0.1, 0.15) is 0 Å². The molecule has 1 atom stereocenters. The number of nitrogens with one attached hydrogen (secondary N) is 1. The number of carbonyl (C=O) groups excluding carboxylic acids is 1. The predicted octanol–water partition coefficient (Wildman–Crippen LogP) is 2.17. The van der Waals surface area contributed by atoms with E-state index in [-0.39, 0.29) is 17.5 Å². The number of amides is 1. The molecule has 3 nitrogen and oxygen atoms in total. The average Bonchev–Trinajstić information content (AvgIpc) is 3.19. The molecule has 0 radical (unpaired) electrons. The molecule has 104 valence electrons. The summed E-state index contributed by atoms with van der Waals surface area (Å²) in [6.07, 6.45) is -2.31. The fourth-order valence-corrected chi connectivity index (χ4v) is 1.93. The van der Waals surface area contributed by atoms with Gasteiger partial charge in [-0.3, -0.25) is 4.79 Å². The normalized spacial score (nSPS) is 17.1. The van der Waals surface area contributed by atoms with Crippen LogP contribution in [0.1, 0.15) is 28.8 Å². The maximum absolute atomic E-state index is 12.4. The minimum absolute atomic E-state index is 0.0882. The molecule has 1 unspecified atom stereocenters. The standard InChI is InChI=1S/C13H15F3N2O/c14-13(15,16)10-5-3-9(4-6-10)12(19)18-11(7-17)8-1-2-8/h3-6,8,11H,1-2,7,17H2,(H,18,19). The summed E-state index contributed by atoms with van der Waals surface area (Å²) in [6.45, 7) is 0.344. The molecule has 6 heteroatoms. The molecule has 0 aromatic heterocycles. The van der Waals surface area contributed by atoms with Crippen molar-refractivity contribution in [3.63, 3.8) is 0 Å². The van der Waals surface area contributed by atoms with E-state index in [4.69, 9.17) is 5.73 Å². The summed E-state index contributed by atoms with van der Waals surface area (Å²) in [5.74, 6) is 0.0273. The van der Waals surface area contributed by atoms with Crippen LogP contribution >= 0.6 is 0 Å². The van der Waals surface area contributed by atoms with Crippen LogP contribution in [0.5, 0.6) is 0 Å². The fraction of sp³-hybridized carbons (Fsp3) is 0.462. The monoisotopic (exact) mass is 272 g/mol. The summed E-state index contributed by atoms with van der Waals surface area (Å²) in [6, 6.07) is 4.08. The Labute approximate surface area is 109 Å². The van der Waals surface area contributed by atoms with Crippen molar-refractivity contribution in [1.82, 2.24) is 5.32 Å². The van der Waals surface area contributed by atoms with Gasteiger partial charge < -0.3 is 11.1 Å². The largest absolute Gasteiger partial charge is 0.416 e. The van der Waals surface area contributed by atoms with Crippen molar-refractivity contribution < 1.29 is 18.0 Å². The third-order valence-electron chi connectivity index (χ3n) is 3.24. The summed E-state index contributed by atoms with van der Waals surface area (Å²) in [4.78, 5) is 11.9. The number of hydrogen-bond acceptors (Lipinski definition) is 2. The van der Waals surface area contributed by atoms with E-state index in [1.807, 2.05) is 0 Å². The van der Waals surface area contributed by atoms with E-state index >= 15 is 0 Å². The van der Waals surface area contributed by atoms with Gasteiger partial charge >= 0.3 is 6.18 Å². The summed E-state index contributed by atoms with van der Waals surface area (Å²) in [7, 11) is 0. The Kier molecular flexibility index (Phi) is 3.80. The minimum atomic E-state index is -4.39. The molecular weight excluding hydrogens is 257 g/mol. The Morgan fingerprint density at radius 3 is 2.32 bits per heavy atom. The van der Waals surface area contributed by atoms with Crippen LogP contribution in [-0.4, -0.2) is 18.5 Å². The highest BCUT2D eigenvalue weighted by atomic mass is 19.4. The molecule has 0 spiro atoms. The van der Waals surface area contributed by atoms with Crippen LogP contribution in [0.25, 0.3) is 0 Å². The lowest BCUT2D eigenvalue weighted by Crippen LogP contribution is -2.41. The maximum atomic E-state index is 12.4. The zero-order valence-corrected chi connectivity index (χ0v) is 10.2. The quantitative estimate of drug-likeness (QED) is 0.882. The van der Waals surface area contributed by atoms with Crippen molar-refractivity contribution in [2.75, 3.05) is 6.54 Å². The van der Waals surface area contributed by atoms with Crippen molar-refractivity contribution >= 4 is 5.91 Å². The lowest BCUT2D eigenvalue weighted by atomic mass is 10.1. The fourth-order valence-electron chi connectivity index (χ4n) is 1.93. The van der Waals surface area contributed by atoms with Gasteiger partial charge in [-0.25, -0.2) is 0 Å². The van der Waals surface area contributed by atoms with Crippen LogP contribution in [0.3, 0.4) is 0 Å². The lowest BCUT2D eigenvalue weighted by Gasteiger charge is -2.16. The molecule has 2 rings (SSSR count). The highest BCUT2D eigenvalue weighted by Crippen LogP contribution is 2.32. The van der Waals surface area contributed by atoms with Gasteiger partial charge in [0.15, 0.2) is 0 Å². The third-order valence-corrected chi connectivity index (χ3v) is 3.24. The molecule has 1 aliphatic rings. The SMILES string of the molecule is NCC(NC(=O)c1ccc(C(F)(F)F)cc1)C1CC1. The van der Waals surface area contributed by atoms with Gasteiger partial charge in [-0.05, 0) is 43.0 Å². The number of rotatable bonds is 4. The van der Waals surface area contributed by atoms with Crippen LogP contribution in [0, 0.1) is 5.92 Å². The van der Waals surface area contributed by atoms with Crippen molar-refractivity contribution in [3.8, 4) is 0 Å². The molecular formula is C13H15F3N2O. The highest BCUT2D eigenvalue weighted by Gasteiger charge is 2.32. The molecule has 0 aliphatic heterocycles. The molecule has 3 N–H and O–H groups in total. The number of benzene rings is 1. The van der Waals surface area contributed by atoms with Crippen LogP contribution in [0.15, 0.2) is 24.3 Å². The first kappa shape index (κ1) is 13.9. The number of hydrogen-bond donors (Lipinski definition) is 2. The Morgan fingerprint density at radius 1 is 1.32 bits per heavy atom. The predicted molar refractivity (Wildman–Crippen MR) is 64.5 cm³/mol. The minimum Gasteiger partial charge on any atom is -0.348 e. The summed E-state index contributed by atoms with van der Waals surface area (Å²) < 4.78 is 37.1. The number of carbonyl (C=O) groups is 1. The Balaban J connectivity index is 2.03. The van der Waals surface area contributed by atoms with Crippen LogP contribution in [0.2, 0.25) is 0 Å². The van der Waals surface area contributed by atoms with Gasteiger partial charge in [0, 0.05) is 18.2 Å². The highest BCUT2D eigenvalue weighted by molar-refractivity contribution is 5.94. The first-order valence-electron chi connectivity index (χ1n) is 6.10. The molecule has 1 aromatic rings. The van der Waals surface area contributed by atoms with E-state index in [9.17, 15) is 18.0 Å². The Bertz CT molecular complexity index is 452. The zero-order valence-electron chi connectivity index (χ0n) is 10.2. The maximum Gasteiger partial charge on any atom is 0.416 e. The zero-order chi connectivity index (χ0) is 14.0. The number of nitrogens with two attached hydrogens (primary N) is 1. The lowest BCUT2D eigenvalue weighted by molar-refractivity contribution is -0.137. The van der Waals surface area contributed by atoms with Gasteiger partial charge in [-0.15, -0.1) is 0 Å². The van der Waals surface area contributed by atoms with Crippen molar-refractivity contribution in [1.29, 1.82) is 0 Å². The van der Waals surface area contributed by atoms with Crippen molar-refractivity contribution in [3.05, 3.63) is 35.4 Å². The van der Waals surface area contributed by atoms with Crippen LogP contribution in [0.4, 0.5) is 13.2 Å². The number of halogens is 3. The average molecular weight is 272 g/mol. The van der Waals surface area contributed by atoms with Crippen LogP contribution in [-0.2, 0) is 6.18 Å². The van der Waals surface area contributed by atoms with Gasteiger partial charge in [0.25, 0.3) is 5.91 Å². The van der Waals surface area contributed by atoms with E-state index < -0.39 is 11.7 Å². The second-order valence-corrected chi connectivity index (χ2v) is 4.73. The van der Waals surface area contributed by atoms with Gasteiger partial charge in [-0.1, -0.05) is 0 Å². The molecule has 1 saturated carbocycles. The molecule has 0 bridgehead atoms. The molecule has 1 fully saturated rings. The van der Waals surface area contributed by atoms with Crippen LogP contribution < -0.4 is 11.1 Å². The van der Waals surface area contributed by atoms with Gasteiger partial charge in [0.05, 0.1) is 5.56 Å². The first-order valence-corrected chi connectivity index (χ1v) is 6.10. The smallest absolute Gasteiger partial charge is 0.348 e. The molecule has 0 heterocycles. The Morgan fingerprint density at radius 2 is 1.89 bits per heavy atom. The van der Waals surface area contributed by atoms with Gasteiger partial charge in [-0.2, -0.15) is 13.2 Å². The van der Waals surface area contributed by atoms with Crippen molar-refractivity contribution in [2.45, 2.75) is 25.1 Å². The molecule has 1 aromatic carbocycles. The van der Waals surface area contributed by atoms with E-state index in [0.717, 1.165) is 25.0 Å². The van der Waals surface area contributed by atoms with E-state index in [1.165, 1.54) is 12.1 Å². The van der Waals surface area contributed by atoms with E-state index in [2.05, 4.69) is 5.32 Å². The second kappa shape index (κ2) is 5.21. The summed E-state index contributed by atoms with van der Waals surface area (Å²) in [5, 5.41) is 2.76. The molecule has 19 heavy (non-hydrogen) atoms. The second-order valence-electron chi connectivity index (χ2n) is 4.73. The summed E-state index contributed by atoms with van der Waals surface area (Å²) in [5.41, 5.74) is 5.01. The van der Waals surface area contributed by atoms with E-state index in [0.29, 0.717) is 12.5 Å². The molecule has 1 aliphatic carbocycles. The van der Waals surface area contributed by atoms with Gasteiger partial charge in [0.2, 0.25) is 0 Å². The number of alkyl halides is 3. The van der Waals surface area contributed by atoms with E-state index in [1.54, 1.807) is 0 Å². The first-order chi connectivity index (χ1) is 8.91. The topological polar surface area (TPSA) is 55.1 Å². The molecule has 1 amide bonds. The molecule has 0 saturated heterocycles.